The number of benzene rings is 1. The van der Waals surface area contributed by atoms with Gasteiger partial charge in [-0.05, 0) is 56.1 Å². The molecule has 1 N–H and O–H groups in total. The van der Waals surface area contributed by atoms with Gasteiger partial charge in [0.05, 0.1) is 12.1 Å². The van der Waals surface area contributed by atoms with Gasteiger partial charge in [-0.15, -0.1) is 0 Å². The van der Waals surface area contributed by atoms with Crippen molar-refractivity contribution in [2.24, 2.45) is 0 Å². The van der Waals surface area contributed by atoms with Crippen molar-refractivity contribution in [1.82, 2.24) is 20.0 Å². The first kappa shape index (κ1) is 18.1. The summed E-state index contributed by atoms with van der Waals surface area (Å²) in [6.45, 7) is 5.15. The smallest absolute Gasteiger partial charge is 0.252 e. The van der Waals surface area contributed by atoms with Gasteiger partial charge in [0.2, 0.25) is 0 Å². The molecule has 0 atom stereocenters. The maximum atomic E-state index is 12.5. The first-order chi connectivity index (χ1) is 13.5. The van der Waals surface area contributed by atoms with Crippen molar-refractivity contribution in [3.05, 3.63) is 81.6 Å². The van der Waals surface area contributed by atoms with Crippen molar-refractivity contribution < 1.29 is 4.52 Å². The van der Waals surface area contributed by atoms with Crippen molar-refractivity contribution in [3.8, 4) is 11.3 Å². The van der Waals surface area contributed by atoms with E-state index in [0.29, 0.717) is 13.1 Å². The number of nitrogens with one attached hydrogen (secondary N) is 1. The second-order valence-corrected chi connectivity index (χ2v) is 7.26. The van der Waals surface area contributed by atoms with Crippen molar-refractivity contribution in [2.75, 3.05) is 7.05 Å². The van der Waals surface area contributed by atoms with Crippen LogP contribution in [0.15, 0.2) is 58.1 Å². The average molecular weight is 374 g/mol. The number of pyridine rings is 2. The molecule has 3 heterocycles. The van der Waals surface area contributed by atoms with E-state index in [1.807, 2.05) is 43.1 Å². The molecule has 6 heteroatoms. The Kier molecular flexibility index (Phi) is 4.79. The van der Waals surface area contributed by atoms with Gasteiger partial charge < -0.3 is 9.51 Å². The van der Waals surface area contributed by atoms with Crippen molar-refractivity contribution in [2.45, 2.75) is 26.9 Å². The molecule has 0 unspecified atom stereocenters. The number of hydrogen-bond donors (Lipinski definition) is 1. The maximum Gasteiger partial charge on any atom is 0.252 e. The Morgan fingerprint density at radius 1 is 1.07 bits per heavy atom. The highest BCUT2D eigenvalue weighted by atomic mass is 16.5. The van der Waals surface area contributed by atoms with E-state index in [-0.39, 0.29) is 5.56 Å². The minimum absolute atomic E-state index is 0.0543. The van der Waals surface area contributed by atoms with Crippen molar-refractivity contribution in [3.63, 3.8) is 0 Å². The molecular formula is C22H22N4O2. The fourth-order valence-electron chi connectivity index (χ4n) is 3.51. The molecule has 0 fully saturated rings. The van der Waals surface area contributed by atoms with Crippen LogP contribution in [0.4, 0.5) is 0 Å². The number of aromatic nitrogens is 3. The number of aryl methyl sites for hydroxylation is 2. The summed E-state index contributed by atoms with van der Waals surface area (Å²) >= 11 is 0. The molecule has 0 saturated heterocycles. The lowest BCUT2D eigenvalue weighted by Gasteiger charge is -2.15. The van der Waals surface area contributed by atoms with E-state index < -0.39 is 0 Å². The normalized spacial score (nSPS) is 11.4. The maximum absolute atomic E-state index is 12.5. The van der Waals surface area contributed by atoms with E-state index >= 15 is 0 Å². The number of aromatic amines is 1. The molecule has 1 aromatic carbocycles. The van der Waals surface area contributed by atoms with Crippen molar-refractivity contribution in [1.29, 1.82) is 0 Å². The lowest BCUT2D eigenvalue weighted by Crippen LogP contribution is -2.23. The molecule has 6 nitrogen and oxygen atoms in total. The van der Waals surface area contributed by atoms with Crippen LogP contribution in [0.2, 0.25) is 0 Å². The zero-order valence-electron chi connectivity index (χ0n) is 16.2. The molecule has 4 rings (SSSR count). The minimum atomic E-state index is -0.0543. The Hall–Kier alpha value is -3.25. The Morgan fingerprint density at radius 3 is 2.64 bits per heavy atom. The predicted molar refractivity (Wildman–Crippen MR) is 109 cm³/mol. The number of fused-ring (bicyclic) bond motifs is 1. The van der Waals surface area contributed by atoms with E-state index in [0.717, 1.165) is 39.0 Å². The van der Waals surface area contributed by atoms with Crippen LogP contribution in [0.25, 0.3) is 22.2 Å². The molecule has 0 aliphatic carbocycles. The molecule has 0 saturated carbocycles. The number of H-pyrrole nitrogens is 1. The van der Waals surface area contributed by atoms with E-state index in [1.165, 1.54) is 5.56 Å². The molecule has 0 radical (unpaired) electrons. The zero-order valence-corrected chi connectivity index (χ0v) is 16.2. The van der Waals surface area contributed by atoms with Gasteiger partial charge in [0.25, 0.3) is 5.56 Å². The van der Waals surface area contributed by atoms with E-state index in [4.69, 9.17) is 4.52 Å². The molecule has 3 aromatic heterocycles. The van der Waals surface area contributed by atoms with Gasteiger partial charge in [0.1, 0.15) is 5.69 Å². The summed E-state index contributed by atoms with van der Waals surface area (Å²) in [5.41, 5.74) is 5.58. The third-order valence-electron chi connectivity index (χ3n) is 4.77. The molecule has 0 aliphatic rings. The molecule has 0 spiro atoms. The minimum Gasteiger partial charge on any atom is -0.359 e. The predicted octanol–water partition coefficient (Wildman–Crippen LogP) is 3.83. The van der Waals surface area contributed by atoms with Crippen LogP contribution in [-0.4, -0.2) is 27.1 Å². The van der Waals surface area contributed by atoms with E-state index in [1.54, 1.807) is 12.4 Å². The summed E-state index contributed by atoms with van der Waals surface area (Å²) in [5.74, 6) is 0.748. The summed E-state index contributed by atoms with van der Waals surface area (Å²) in [6, 6.07) is 11.9. The number of hydrogen-bond acceptors (Lipinski definition) is 5. The van der Waals surface area contributed by atoms with Crippen LogP contribution >= 0.6 is 0 Å². The summed E-state index contributed by atoms with van der Waals surface area (Å²) in [7, 11) is 1.96. The zero-order chi connectivity index (χ0) is 19.7. The molecule has 142 valence electrons. The Morgan fingerprint density at radius 2 is 1.86 bits per heavy atom. The topological polar surface area (TPSA) is 75.0 Å². The average Bonchev–Trinajstić information content (AvgIpc) is 3.12. The lowest BCUT2D eigenvalue weighted by atomic mass is 10.1. The van der Waals surface area contributed by atoms with Crippen molar-refractivity contribution >= 4 is 10.9 Å². The molecule has 0 amide bonds. The lowest BCUT2D eigenvalue weighted by molar-refractivity contribution is 0.266. The van der Waals surface area contributed by atoms with Gasteiger partial charge in [-0.1, -0.05) is 16.8 Å². The second kappa shape index (κ2) is 7.40. The van der Waals surface area contributed by atoms with Gasteiger partial charge >= 0.3 is 0 Å². The van der Waals surface area contributed by atoms with Gasteiger partial charge in [0.15, 0.2) is 5.76 Å². The second-order valence-electron chi connectivity index (χ2n) is 7.26. The largest absolute Gasteiger partial charge is 0.359 e. The highest BCUT2D eigenvalue weighted by Gasteiger charge is 2.12. The first-order valence-corrected chi connectivity index (χ1v) is 9.17. The fourth-order valence-corrected chi connectivity index (χ4v) is 3.51. The third kappa shape index (κ3) is 3.73. The fraction of sp³-hybridized carbons (Fsp3) is 0.227. The van der Waals surface area contributed by atoms with Crippen LogP contribution in [0.5, 0.6) is 0 Å². The highest BCUT2D eigenvalue weighted by molar-refractivity contribution is 5.82. The summed E-state index contributed by atoms with van der Waals surface area (Å²) < 4.78 is 5.46. The van der Waals surface area contributed by atoms with E-state index in [2.05, 4.69) is 34.2 Å². The number of nitrogens with zero attached hydrogens (tertiary/aromatic N) is 3. The molecule has 0 aliphatic heterocycles. The highest BCUT2D eigenvalue weighted by Crippen LogP contribution is 2.20. The van der Waals surface area contributed by atoms with Crippen LogP contribution in [0, 0.1) is 13.8 Å². The summed E-state index contributed by atoms with van der Waals surface area (Å²) in [4.78, 5) is 21.6. The van der Waals surface area contributed by atoms with Crippen LogP contribution in [-0.2, 0) is 13.1 Å². The SMILES string of the molecule is Cc1cc(C)c2[nH]c(=O)c(CN(C)Cc3cc(-c4ccncc4)no3)cc2c1. The first-order valence-electron chi connectivity index (χ1n) is 9.17. The Bertz CT molecular complexity index is 1180. The van der Waals surface area contributed by atoms with Gasteiger partial charge in [-0.3, -0.25) is 14.7 Å². The van der Waals surface area contributed by atoms with Crippen LogP contribution in [0.1, 0.15) is 22.5 Å². The van der Waals surface area contributed by atoms with Gasteiger partial charge in [-0.2, -0.15) is 0 Å². The summed E-state index contributed by atoms with van der Waals surface area (Å²) in [5, 5.41) is 5.18. The molecule has 4 aromatic rings. The molecule has 0 bridgehead atoms. The van der Waals surface area contributed by atoms with Crippen LogP contribution < -0.4 is 5.56 Å². The Balaban J connectivity index is 1.52. The van der Waals surface area contributed by atoms with Gasteiger partial charge in [-0.25, -0.2) is 0 Å². The molecular weight excluding hydrogens is 352 g/mol. The van der Waals surface area contributed by atoms with Crippen LogP contribution in [0.3, 0.4) is 0 Å². The van der Waals surface area contributed by atoms with E-state index in [9.17, 15) is 4.79 Å². The van der Waals surface area contributed by atoms with Gasteiger partial charge in [0, 0.05) is 36.1 Å². The molecule has 28 heavy (non-hydrogen) atoms. The summed E-state index contributed by atoms with van der Waals surface area (Å²) in [6.07, 6.45) is 3.45. The quantitative estimate of drug-likeness (QED) is 0.575. The monoisotopic (exact) mass is 374 g/mol. The standard InChI is InChI=1S/C22H22N4O2/c1-14-8-15(2)21-17(9-14)10-18(22(27)24-21)12-26(3)13-19-11-20(25-28-19)16-4-6-23-7-5-16/h4-11H,12-13H2,1-3H3,(H,24,27). The number of rotatable bonds is 5. The Labute approximate surface area is 162 Å². The third-order valence-corrected chi connectivity index (χ3v) is 4.77.